The highest BCUT2D eigenvalue weighted by Gasteiger charge is 2.29. The summed E-state index contributed by atoms with van der Waals surface area (Å²) in [6, 6.07) is 0. The van der Waals surface area contributed by atoms with Gasteiger partial charge in [0.2, 0.25) is 5.15 Å². The smallest absolute Gasteiger partial charge is 0.258 e. The third-order valence-electron chi connectivity index (χ3n) is 1.67. The van der Waals surface area contributed by atoms with Crippen molar-refractivity contribution in [1.29, 1.82) is 0 Å². The average molecular weight is 257 g/mol. The van der Waals surface area contributed by atoms with E-state index in [0.717, 1.165) is 6.20 Å². The lowest BCUT2D eigenvalue weighted by molar-refractivity contribution is -0.386. The monoisotopic (exact) mass is 256 g/mol. The normalized spacial score (nSPS) is 10.7. The summed E-state index contributed by atoms with van der Waals surface area (Å²) >= 11 is 10.7. The minimum Gasteiger partial charge on any atom is -0.258 e. The van der Waals surface area contributed by atoms with Crippen LogP contribution in [0.2, 0.25) is 5.15 Å². The van der Waals surface area contributed by atoms with Crippen LogP contribution in [0.1, 0.15) is 17.6 Å². The van der Waals surface area contributed by atoms with Crippen LogP contribution in [0.3, 0.4) is 0 Å². The highest BCUT2D eigenvalue weighted by molar-refractivity contribution is 6.31. The van der Waals surface area contributed by atoms with Crippen LogP contribution < -0.4 is 0 Å². The molecule has 0 bridgehead atoms. The summed E-state index contributed by atoms with van der Waals surface area (Å²) in [5, 5.41) is 9.95. The first-order chi connectivity index (χ1) is 6.99. The zero-order valence-electron chi connectivity index (χ0n) is 7.08. The fourth-order valence-corrected chi connectivity index (χ4v) is 1.48. The molecule has 0 radical (unpaired) electrons. The Morgan fingerprint density at radius 1 is 1.60 bits per heavy atom. The van der Waals surface area contributed by atoms with Gasteiger partial charge in [0.15, 0.2) is 0 Å². The fourth-order valence-electron chi connectivity index (χ4n) is 1.05. The van der Waals surface area contributed by atoms with Crippen LogP contribution in [0, 0.1) is 10.1 Å². The molecule has 4 nitrogen and oxygen atoms in total. The van der Waals surface area contributed by atoms with Crippen LogP contribution >= 0.6 is 23.2 Å². The molecule has 0 aliphatic rings. The summed E-state index contributed by atoms with van der Waals surface area (Å²) in [6.07, 6.45) is -2.01. The number of alkyl halides is 3. The molecule has 15 heavy (non-hydrogen) atoms. The molecule has 1 rings (SSSR count). The van der Waals surface area contributed by atoms with E-state index in [-0.39, 0.29) is 11.4 Å². The van der Waals surface area contributed by atoms with E-state index in [2.05, 4.69) is 4.98 Å². The summed E-state index contributed by atoms with van der Waals surface area (Å²) in [5.41, 5.74) is -1.75. The first-order valence-corrected chi connectivity index (χ1v) is 4.56. The van der Waals surface area contributed by atoms with Gasteiger partial charge < -0.3 is 0 Å². The Morgan fingerprint density at radius 3 is 2.60 bits per heavy atom. The maximum Gasteiger partial charge on any atom is 0.315 e. The molecule has 1 aromatic rings. The zero-order valence-corrected chi connectivity index (χ0v) is 8.60. The van der Waals surface area contributed by atoms with Gasteiger partial charge in [-0.1, -0.05) is 11.6 Å². The van der Waals surface area contributed by atoms with Gasteiger partial charge in [-0.05, 0) is 0 Å². The predicted octanol–water partition coefficient (Wildman–Crippen LogP) is 3.32. The SMILES string of the molecule is O=[N+]([O-])c1c(Cl)ncc(CCl)c1C(F)F. The molecule has 0 saturated heterocycles. The second-order valence-corrected chi connectivity index (χ2v) is 3.15. The van der Waals surface area contributed by atoms with Crippen LogP contribution in [-0.4, -0.2) is 9.91 Å². The minimum absolute atomic E-state index is 0.0947. The van der Waals surface area contributed by atoms with Crippen LogP contribution in [0.5, 0.6) is 0 Å². The molecule has 0 fully saturated rings. The van der Waals surface area contributed by atoms with E-state index in [1.54, 1.807) is 0 Å². The van der Waals surface area contributed by atoms with Gasteiger partial charge >= 0.3 is 5.69 Å². The molecule has 8 heteroatoms. The van der Waals surface area contributed by atoms with Gasteiger partial charge in [-0.3, -0.25) is 10.1 Å². The van der Waals surface area contributed by atoms with Gasteiger partial charge in [0.1, 0.15) is 5.56 Å². The van der Waals surface area contributed by atoms with E-state index < -0.39 is 27.8 Å². The van der Waals surface area contributed by atoms with Crippen LogP contribution in [0.25, 0.3) is 0 Å². The van der Waals surface area contributed by atoms with E-state index in [9.17, 15) is 18.9 Å². The molecule has 0 N–H and O–H groups in total. The third kappa shape index (κ3) is 2.32. The molecular formula is C7H4Cl2F2N2O2. The molecule has 0 aliphatic carbocycles. The minimum atomic E-state index is -3.01. The number of pyridine rings is 1. The van der Waals surface area contributed by atoms with Crippen molar-refractivity contribution in [2.45, 2.75) is 12.3 Å². The van der Waals surface area contributed by atoms with Gasteiger partial charge in [0.05, 0.1) is 4.92 Å². The number of aromatic nitrogens is 1. The van der Waals surface area contributed by atoms with E-state index >= 15 is 0 Å². The lowest BCUT2D eigenvalue weighted by atomic mass is 10.1. The molecule has 0 spiro atoms. The number of hydrogen-bond acceptors (Lipinski definition) is 3. The van der Waals surface area contributed by atoms with E-state index in [0.29, 0.717) is 0 Å². The summed E-state index contributed by atoms with van der Waals surface area (Å²) in [5.74, 6) is -0.287. The second kappa shape index (κ2) is 4.67. The van der Waals surface area contributed by atoms with Crippen LogP contribution in [-0.2, 0) is 5.88 Å². The molecular weight excluding hydrogens is 253 g/mol. The Labute approximate surface area is 93.0 Å². The average Bonchev–Trinajstić information content (AvgIpc) is 2.16. The molecule has 0 amide bonds. The molecule has 0 aromatic carbocycles. The molecule has 1 aromatic heterocycles. The van der Waals surface area contributed by atoms with Crippen molar-refractivity contribution in [3.63, 3.8) is 0 Å². The zero-order chi connectivity index (χ0) is 11.6. The lowest BCUT2D eigenvalue weighted by Crippen LogP contribution is -2.02. The molecule has 1 heterocycles. The number of halogens is 4. The predicted molar refractivity (Wildman–Crippen MR) is 50.4 cm³/mol. The first kappa shape index (κ1) is 12.1. The van der Waals surface area contributed by atoms with Gasteiger partial charge in [-0.25, -0.2) is 13.8 Å². The van der Waals surface area contributed by atoms with E-state index in [1.165, 1.54) is 0 Å². The Morgan fingerprint density at radius 2 is 2.20 bits per heavy atom. The van der Waals surface area contributed by atoms with Gasteiger partial charge in [0.25, 0.3) is 6.43 Å². The molecule has 82 valence electrons. The Balaban J connectivity index is 3.51. The van der Waals surface area contributed by atoms with Crippen molar-refractivity contribution in [1.82, 2.24) is 4.98 Å². The summed E-state index contributed by atoms with van der Waals surface area (Å²) < 4.78 is 25.1. The Bertz CT molecular complexity index is 401. The number of nitrogens with zero attached hydrogens (tertiary/aromatic N) is 2. The summed E-state index contributed by atoms with van der Waals surface area (Å²) in [6.45, 7) is 0. The van der Waals surface area contributed by atoms with Crippen molar-refractivity contribution < 1.29 is 13.7 Å². The van der Waals surface area contributed by atoms with Crippen LogP contribution in [0.15, 0.2) is 6.20 Å². The lowest BCUT2D eigenvalue weighted by Gasteiger charge is -2.06. The standard InChI is InChI=1S/C7H4Cl2F2N2O2/c8-1-3-2-12-6(9)5(13(14)15)4(3)7(10)11/h2,7H,1H2. The largest absolute Gasteiger partial charge is 0.315 e. The molecule has 0 atom stereocenters. The van der Waals surface area contributed by atoms with E-state index in [1.807, 2.05) is 0 Å². The van der Waals surface area contributed by atoms with Crippen molar-refractivity contribution >= 4 is 28.9 Å². The van der Waals surface area contributed by atoms with Gasteiger partial charge in [0, 0.05) is 17.6 Å². The van der Waals surface area contributed by atoms with Crippen molar-refractivity contribution in [3.8, 4) is 0 Å². The quantitative estimate of drug-likeness (QED) is 0.361. The summed E-state index contributed by atoms with van der Waals surface area (Å²) in [7, 11) is 0. The number of nitro groups is 1. The van der Waals surface area contributed by atoms with Crippen LogP contribution in [0.4, 0.5) is 14.5 Å². The van der Waals surface area contributed by atoms with Crippen molar-refractivity contribution in [2.75, 3.05) is 0 Å². The maximum absolute atomic E-state index is 12.6. The highest BCUT2D eigenvalue weighted by Crippen LogP contribution is 2.36. The first-order valence-electron chi connectivity index (χ1n) is 3.64. The van der Waals surface area contributed by atoms with Crippen molar-refractivity contribution in [3.05, 3.63) is 32.6 Å². The van der Waals surface area contributed by atoms with Crippen molar-refractivity contribution in [2.24, 2.45) is 0 Å². The second-order valence-electron chi connectivity index (χ2n) is 2.53. The molecule has 0 aliphatic heterocycles. The van der Waals surface area contributed by atoms with Gasteiger partial charge in [-0.2, -0.15) is 0 Å². The molecule has 0 unspecified atom stereocenters. The number of rotatable bonds is 3. The topological polar surface area (TPSA) is 56.0 Å². The number of hydrogen-bond donors (Lipinski definition) is 0. The Hall–Kier alpha value is -1.01. The van der Waals surface area contributed by atoms with Gasteiger partial charge in [-0.15, -0.1) is 11.6 Å². The maximum atomic E-state index is 12.6. The Kier molecular flexibility index (Phi) is 3.76. The van der Waals surface area contributed by atoms with E-state index in [4.69, 9.17) is 23.2 Å². The third-order valence-corrected chi connectivity index (χ3v) is 2.24. The summed E-state index contributed by atoms with van der Waals surface area (Å²) in [4.78, 5) is 12.9. The fraction of sp³-hybridized carbons (Fsp3) is 0.286. The molecule has 0 saturated carbocycles. The highest BCUT2D eigenvalue weighted by atomic mass is 35.5.